The summed E-state index contributed by atoms with van der Waals surface area (Å²) in [6.45, 7) is 0. The van der Waals surface area contributed by atoms with Gasteiger partial charge in [-0.05, 0) is 19.3 Å². The highest BCUT2D eigenvalue weighted by Gasteiger charge is 2.38. The first-order valence-corrected chi connectivity index (χ1v) is 3.98. The molecule has 0 spiro atoms. The summed E-state index contributed by atoms with van der Waals surface area (Å²) in [4.78, 5) is 7.56. The molecular weight excluding hydrogens is 124 g/mol. The van der Waals surface area contributed by atoms with Crippen LogP contribution in [0, 0.1) is 0 Å². The number of hydrogen-bond acceptors (Lipinski definition) is 1. The third-order valence-corrected chi connectivity index (χ3v) is 2.93. The fraction of sp³-hybridized carbons (Fsp3) is 0.625. The second-order valence-electron chi connectivity index (χ2n) is 3.41. The number of imidazole rings is 1. The van der Waals surface area contributed by atoms with Crippen molar-refractivity contribution in [2.45, 2.75) is 31.1 Å². The third-order valence-electron chi connectivity index (χ3n) is 2.93. The molecule has 1 heterocycles. The van der Waals surface area contributed by atoms with Gasteiger partial charge in [0, 0.05) is 17.5 Å². The number of nitrogens with zero attached hydrogens (tertiary/aromatic N) is 1. The van der Waals surface area contributed by atoms with Gasteiger partial charge in [0.25, 0.3) is 0 Å². The van der Waals surface area contributed by atoms with Crippen LogP contribution in [0.25, 0.3) is 0 Å². The second-order valence-corrected chi connectivity index (χ2v) is 3.41. The Kier molecular flexibility index (Phi) is 0.712. The Morgan fingerprint density at radius 1 is 1.40 bits per heavy atom. The molecule has 1 saturated carbocycles. The SMILES string of the molecule is c1nc2c([nH]1)C1CCC2C1. The normalized spacial score (nSPS) is 34.8. The highest BCUT2D eigenvalue weighted by atomic mass is 14.9. The van der Waals surface area contributed by atoms with Gasteiger partial charge in [0.1, 0.15) is 0 Å². The first-order chi connectivity index (χ1) is 4.95. The van der Waals surface area contributed by atoms with Crippen molar-refractivity contribution in [3.63, 3.8) is 0 Å². The van der Waals surface area contributed by atoms with E-state index in [1.54, 1.807) is 0 Å². The fourth-order valence-corrected chi connectivity index (χ4v) is 2.46. The summed E-state index contributed by atoms with van der Waals surface area (Å²) in [5.74, 6) is 1.65. The number of nitrogens with one attached hydrogen (secondary N) is 1. The van der Waals surface area contributed by atoms with Crippen LogP contribution >= 0.6 is 0 Å². The molecule has 1 aromatic heterocycles. The lowest BCUT2D eigenvalue weighted by Gasteiger charge is -2.06. The van der Waals surface area contributed by atoms with E-state index >= 15 is 0 Å². The molecule has 2 aliphatic rings. The van der Waals surface area contributed by atoms with Crippen molar-refractivity contribution in [3.8, 4) is 0 Å². The average Bonchev–Trinajstić information content (AvgIpc) is 2.60. The van der Waals surface area contributed by atoms with Crippen LogP contribution in [-0.2, 0) is 0 Å². The zero-order valence-corrected chi connectivity index (χ0v) is 5.80. The van der Waals surface area contributed by atoms with E-state index < -0.39 is 0 Å². The summed E-state index contributed by atoms with van der Waals surface area (Å²) < 4.78 is 0. The third kappa shape index (κ3) is 0.405. The fourth-order valence-electron chi connectivity index (χ4n) is 2.46. The molecule has 2 unspecified atom stereocenters. The molecule has 2 nitrogen and oxygen atoms in total. The summed E-state index contributed by atoms with van der Waals surface area (Å²) in [7, 11) is 0. The Morgan fingerprint density at radius 2 is 2.30 bits per heavy atom. The van der Waals surface area contributed by atoms with E-state index in [2.05, 4.69) is 9.97 Å². The lowest BCUT2D eigenvalue weighted by molar-refractivity contribution is 0.698. The van der Waals surface area contributed by atoms with Crippen molar-refractivity contribution < 1.29 is 0 Å². The van der Waals surface area contributed by atoms with Gasteiger partial charge in [0.15, 0.2) is 0 Å². The van der Waals surface area contributed by atoms with Gasteiger partial charge in [-0.2, -0.15) is 0 Å². The van der Waals surface area contributed by atoms with Crippen LogP contribution in [0.15, 0.2) is 6.33 Å². The zero-order valence-electron chi connectivity index (χ0n) is 5.80. The van der Waals surface area contributed by atoms with Crippen LogP contribution in [0.2, 0.25) is 0 Å². The van der Waals surface area contributed by atoms with Crippen LogP contribution in [-0.4, -0.2) is 9.97 Å². The van der Waals surface area contributed by atoms with Gasteiger partial charge in [0.05, 0.1) is 12.0 Å². The maximum Gasteiger partial charge on any atom is 0.0925 e. The Balaban J connectivity index is 2.25. The molecular formula is C8H10N2. The first-order valence-electron chi connectivity index (χ1n) is 3.98. The summed E-state index contributed by atoms with van der Waals surface area (Å²) in [5, 5.41) is 0. The maximum atomic E-state index is 4.32. The van der Waals surface area contributed by atoms with Crippen LogP contribution in [0.5, 0.6) is 0 Å². The summed E-state index contributed by atoms with van der Waals surface area (Å²) in [5.41, 5.74) is 2.81. The molecule has 2 atom stereocenters. The standard InChI is InChI=1S/C8H10N2/c1-2-6-3-5(1)7-8(6)10-4-9-7/h4-6H,1-3H2,(H,9,10). The molecule has 0 saturated heterocycles. The van der Waals surface area contributed by atoms with Gasteiger partial charge < -0.3 is 4.98 Å². The molecule has 0 amide bonds. The van der Waals surface area contributed by atoms with Gasteiger partial charge in [-0.3, -0.25) is 0 Å². The van der Waals surface area contributed by atoms with E-state index in [1.807, 2.05) is 6.33 Å². The molecule has 1 fully saturated rings. The van der Waals surface area contributed by atoms with Gasteiger partial charge in [-0.1, -0.05) is 0 Å². The molecule has 2 bridgehead atoms. The molecule has 0 aliphatic heterocycles. The Morgan fingerprint density at radius 3 is 3.20 bits per heavy atom. The minimum absolute atomic E-state index is 0.811. The van der Waals surface area contributed by atoms with E-state index in [9.17, 15) is 0 Å². The van der Waals surface area contributed by atoms with Crippen molar-refractivity contribution in [1.82, 2.24) is 9.97 Å². The Bertz CT molecular complexity index is 239. The summed E-state index contributed by atoms with van der Waals surface area (Å²) in [6.07, 6.45) is 5.98. The van der Waals surface area contributed by atoms with Gasteiger partial charge in [-0.25, -0.2) is 4.98 Å². The molecule has 2 heteroatoms. The van der Waals surface area contributed by atoms with Crippen LogP contribution in [0.4, 0.5) is 0 Å². The highest BCUT2D eigenvalue weighted by molar-refractivity contribution is 5.30. The minimum atomic E-state index is 0.811. The zero-order chi connectivity index (χ0) is 6.55. The Hall–Kier alpha value is -0.790. The smallest absolute Gasteiger partial charge is 0.0925 e. The van der Waals surface area contributed by atoms with Gasteiger partial charge in [-0.15, -0.1) is 0 Å². The average molecular weight is 134 g/mol. The summed E-state index contributed by atoms with van der Waals surface area (Å²) in [6, 6.07) is 0. The van der Waals surface area contributed by atoms with Gasteiger partial charge in [0.2, 0.25) is 0 Å². The number of aromatic amines is 1. The number of aromatic nitrogens is 2. The second kappa shape index (κ2) is 1.44. The molecule has 1 N–H and O–H groups in total. The van der Waals surface area contributed by atoms with E-state index in [-0.39, 0.29) is 0 Å². The van der Waals surface area contributed by atoms with E-state index in [0.29, 0.717) is 0 Å². The molecule has 10 heavy (non-hydrogen) atoms. The van der Waals surface area contributed by atoms with Crippen molar-refractivity contribution in [3.05, 3.63) is 17.7 Å². The lowest BCUT2D eigenvalue weighted by atomic mass is 10.0. The van der Waals surface area contributed by atoms with Crippen molar-refractivity contribution >= 4 is 0 Å². The number of hydrogen-bond donors (Lipinski definition) is 1. The van der Waals surface area contributed by atoms with Crippen molar-refractivity contribution in [2.75, 3.05) is 0 Å². The predicted molar refractivity (Wildman–Crippen MR) is 37.9 cm³/mol. The van der Waals surface area contributed by atoms with Crippen molar-refractivity contribution in [1.29, 1.82) is 0 Å². The molecule has 0 radical (unpaired) electrons. The molecule has 2 aliphatic carbocycles. The predicted octanol–water partition coefficient (Wildman–Crippen LogP) is 1.77. The first kappa shape index (κ1) is 4.94. The largest absolute Gasteiger partial charge is 0.348 e. The molecule has 52 valence electrons. The van der Waals surface area contributed by atoms with Crippen LogP contribution in [0.3, 0.4) is 0 Å². The maximum absolute atomic E-state index is 4.32. The minimum Gasteiger partial charge on any atom is -0.348 e. The number of rotatable bonds is 0. The van der Waals surface area contributed by atoms with Crippen LogP contribution < -0.4 is 0 Å². The molecule has 3 rings (SSSR count). The highest BCUT2D eigenvalue weighted by Crippen LogP contribution is 2.51. The molecule has 1 aromatic rings. The Labute approximate surface area is 59.7 Å². The van der Waals surface area contributed by atoms with Gasteiger partial charge >= 0.3 is 0 Å². The van der Waals surface area contributed by atoms with E-state index in [1.165, 1.54) is 30.7 Å². The number of H-pyrrole nitrogens is 1. The quantitative estimate of drug-likeness (QED) is 0.575. The van der Waals surface area contributed by atoms with E-state index in [0.717, 1.165) is 11.8 Å². The van der Waals surface area contributed by atoms with Crippen molar-refractivity contribution in [2.24, 2.45) is 0 Å². The molecule has 0 aromatic carbocycles. The van der Waals surface area contributed by atoms with Crippen LogP contribution in [0.1, 0.15) is 42.5 Å². The number of fused-ring (bicyclic) bond motifs is 5. The topological polar surface area (TPSA) is 28.7 Å². The summed E-state index contributed by atoms with van der Waals surface area (Å²) >= 11 is 0. The monoisotopic (exact) mass is 134 g/mol. The van der Waals surface area contributed by atoms with E-state index in [4.69, 9.17) is 0 Å². The lowest BCUT2D eigenvalue weighted by Crippen LogP contribution is -1.95.